The Morgan fingerprint density at radius 2 is 1.92 bits per heavy atom. The van der Waals surface area contributed by atoms with Crippen molar-refractivity contribution in [3.8, 4) is 0 Å². The van der Waals surface area contributed by atoms with Crippen LogP contribution in [0.15, 0.2) is 70.1 Å². The molecule has 0 aliphatic carbocycles. The summed E-state index contributed by atoms with van der Waals surface area (Å²) in [5.74, 6) is 0.467. The van der Waals surface area contributed by atoms with Gasteiger partial charge in [0.1, 0.15) is 11.5 Å². The molecule has 1 aromatic carbocycles. The van der Waals surface area contributed by atoms with Crippen molar-refractivity contribution in [3.05, 3.63) is 88.2 Å². The molecule has 0 fully saturated rings. The molecule has 2 aromatic heterocycles. The molecule has 0 unspecified atom stereocenters. The van der Waals surface area contributed by atoms with E-state index in [9.17, 15) is 9.59 Å². The quantitative estimate of drug-likeness (QED) is 0.692. The number of aryl methyl sites for hydroxylation is 1. The largest absolute Gasteiger partial charge is 0.467 e. The van der Waals surface area contributed by atoms with Crippen LogP contribution in [0.1, 0.15) is 21.8 Å². The first-order valence-electron chi connectivity index (χ1n) is 8.03. The van der Waals surface area contributed by atoms with Crippen LogP contribution in [0.2, 0.25) is 0 Å². The number of hydrogen-bond acceptors (Lipinski definition) is 4. The number of hydrogen-bond donors (Lipinski definition) is 0. The Morgan fingerprint density at radius 1 is 1.12 bits per heavy atom. The minimum absolute atomic E-state index is 0.233. The molecule has 0 bridgehead atoms. The summed E-state index contributed by atoms with van der Waals surface area (Å²) in [7, 11) is 1.53. The van der Waals surface area contributed by atoms with Gasteiger partial charge in [0, 0.05) is 19.7 Å². The van der Waals surface area contributed by atoms with Gasteiger partial charge in [0.25, 0.3) is 11.5 Å². The lowest BCUT2D eigenvalue weighted by Gasteiger charge is -2.21. The molecule has 0 aliphatic heterocycles. The molecule has 128 valence electrons. The molecule has 0 saturated heterocycles. The number of aromatic nitrogens is 2. The maximum atomic E-state index is 12.9. The number of rotatable bonds is 6. The topological polar surface area (TPSA) is 68.3 Å². The maximum absolute atomic E-state index is 12.9. The Labute approximate surface area is 145 Å². The molecule has 0 atom stereocenters. The molecule has 6 heteroatoms. The summed E-state index contributed by atoms with van der Waals surface area (Å²) in [6.45, 7) is 0.872. The Kier molecular flexibility index (Phi) is 5.09. The first kappa shape index (κ1) is 16.7. The van der Waals surface area contributed by atoms with Crippen molar-refractivity contribution in [2.75, 3.05) is 6.54 Å². The summed E-state index contributed by atoms with van der Waals surface area (Å²) in [6, 6.07) is 16.4. The van der Waals surface area contributed by atoms with Crippen molar-refractivity contribution in [1.29, 1.82) is 0 Å². The summed E-state index contributed by atoms with van der Waals surface area (Å²) >= 11 is 0. The predicted molar refractivity (Wildman–Crippen MR) is 93.1 cm³/mol. The second kappa shape index (κ2) is 7.61. The van der Waals surface area contributed by atoms with E-state index in [4.69, 9.17) is 4.42 Å². The predicted octanol–water partition coefficient (Wildman–Crippen LogP) is 2.26. The first-order chi connectivity index (χ1) is 12.1. The van der Waals surface area contributed by atoms with Gasteiger partial charge in [-0.05, 0) is 30.2 Å². The van der Waals surface area contributed by atoms with Gasteiger partial charge in [-0.1, -0.05) is 30.3 Å². The molecule has 25 heavy (non-hydrogen) atoms. The highest BCUT2D eigenvalue weighted by atomic mass is 16.3. The minimum atomic E-state index is -0.251. The highest BCUT2D eigenvalue weighted by Crippen LogP contribution is 2.11. The summed E-state index contributed by atoms with van der Waals surface area (Å²) in [4.78, 5) is 26.0. The molecule has 2 heterocycles. The van der Waals surface area contributed by atoms with E-state index < -0.39 is 0 Å². The molecule has 0 spiro atoms. The molecule has 1 amide bonds. The molecule has 6 nitrogen and oxygen atoms in total. The van der Waals surface area contributed by atoms with Crippen molar-refractivity contribution in [2.24, 2.45) is 7.05 Å². The smallest absolute Gasteiger partial charge is 0.274 e. The molecular weight excluding hydrogens is 318 g/mol. The SMILES string of the molecule is Cn1nc(C(=O)N(CCc2ccccc2)Cc2ccco2)ccc1=O. The lowest BCUT2D eigenvalue weighted by atomic mass is 10.1. The van der Waals surface area contributed by atoms with Crippen LogP contribution in [-0.2, 0) is 20.0 Å². The maximum Gasteiger partial charge on any atom is 0.274 e. The second-order valence-corrected chi connectivity index (χ2v) is 5.72. The number of benzene rings is 1. The third kappa shape index (κ3) is 4.23. The summed E-state index contributed by atoms with van der Waals surface area (Å²) in [6.07, 6.45) is 2.30. The van der Waals surface area contributed by atoms with Gasteiger partial charge in [-0.15, -0.1) is 0 Å². The van der Waals surface area contributed by atoms with Gasteiger partial charge < -0.3 is 9.32 Å². The van der Waals surface area contributed by atoms with E-state index in [0.29, 0.717) is 18.8 Å². The van der Waals surface area contributed by atoms with Crippen LogP contribution >= 0.6 is 0 Å². The van der Waals surface area contributed by atoms with Gasteiger partial charge in [-0.25, -0.2) is 4.68 Å². The van der Waals surface area contributed by atoms with Crippen LogP contribution in [0.5, 0.6) is 0 Å². The monoisotopic (exact) mass is 337 g/mol. The van der Waals surface area contributed by atoms with Crippen LogP contribution in [-0.4, -0.2) is 27.1 Å². The fraction of sp³-hybridized carbons (Fsp3) is 0.211. The molecule has 0 radical (unpaired) electrons. The Balaban J connectivity index is 1.80. The lowest BCUT2D eigenvalue weighted by molar-refractivity contribution is 0.0725. The zero-order chi connectivity index (χ0) is 17.6. The van der Waals surface area contributed by atoms with E-state index >= 15 is 0 Å². The number of furan rings is 1. The summed E-state index contributed by atoms with van der Waals surface area (Å²) < 4.78 is 6.54. The van der Waals surface area contributed by atoms with Gasteiger partial charge in [-0.2, -0.15) is 5.10 Å². The third-order valence-electron chi connectivity index (χ3n) is 3.91. The highest BCUT2D eigenvalue weighted by Gasteiger charge is 2.19. The minimum Gasteiger partial charge on any atom is -0.467 e. The van der Waals surface area contributed by atoms with E-state index in [1.165, 1.54) is 19.2 Å². The van der Waals surface area contributed by atoms with Crippen molar-refractivity contribution in [3.63, 3.8) is 0 Å². The number of amides is 1. The molecule has 3 rings (SSSR count). The van der Waals surface area contributed by atoms with Crippen molar-refractivity contribution >= 4 is 5.91 Å². The normalized spacial score (nSPS) is 10.6. The summed E-state index contributed by atoms with van der Waals surface area (Å²) in [5, 5.41) is 4.06. The van der Waals surface area contributed by atoms with E-state index in [1.807, 2.05) is 36.4 Å². The molecular formula is C19H19N3O3. The highest BCUT2D eigenvalue weighted by molar-refractivity contribution is 5.92. The Hall–Kier alpha value is -3.15. The fourth-order valence-electron chi connectivity index (χ4n) is 2.53. The molecule has 0 aliphatic rings. The van der Waals surface area contributed by atoms with E-state index in [-0.39, 0.29) is 17.2 Å². The van der Waals surface area contributed by atoms with Crippen LogP contribution in [0, 0.1) is 0 Å². The Bertz CT molecular complexity index is 886. The van der Waals surface area contributed by atoms with Crippen molar-refractivity contribution in [2.45, 2.75) is 13.0 Å². The lowest BCUT2D eigenvalue weighted by Crippen LogP contribution is -2.34. The average Bonchev–Trinajstić information content (AvgIpc) is 3.14. The zero-order valence-corrected chi connectivity index (χ0v) is 14.0. The number of nitrogens with zero attached hydrogens (tertiary/aromatic N) is 3. The van der Waals surface area contributed by atoms with E-state index in [2.05, 4.69) is 5.10 Å². The van der Waals surface area contributed by atoms with Crippen molar-refractivity contribution in [1.82, 2.24) is 14.7 Å². The fourth-order valence-corrected chi connectivity index (χ4v) is 2.53. The van der Waals surface area contributed by atoms with Crippen LogP contribution in [0.25, 0.3) is 0 Å². The van der Waals surface area contributed by atoms with Gasteiger partial charge in [-0.3, -0.25) is 9.59 Å². The van der Waals surface area contributed by atoms with E-state index in [1.54, 1.807) is 17.2 Å². The Morgan fingerprint density at radius 3 is 2.60 bits per heavy atom. The standard InChI is InChI=1S/C19H19N3O3/c1-21-18(23)10-9-17(20-21)19(24)22(14-16-8-5-13-25-16)12-11-15-6-3-2-4-7-15/h2-10,13H,11-12,14H2,1H3. The van der Waals surface area contributed by atoms with Gasteiger partial charge >= 0.3 is 0 Å². The van der Waals surface area contributed by atoms with Crippen molar-refractivity contribution < 1.29 is 9.21 Å². The molecule has 3 aromatic rings. The molecule has 0 N–H and O–H groups in total. The van der Waals surface area contributed by atoms with E-state index in [0.717, 1.165) is 16.7 Å². The summed E-state index contributed by atoms with van der Waals surface area (Å²) in [5.41, 5.74) is 1.13. The van der Waals surface area contributed by atoms with Crippen LogP contribution in [0.4, 0.5) is 0 Å². The average molecular weight is 337 g/mol. The molecule has 0 saturated carbocycles. The van der Waals surface area contributed by atoms with Gasteiger partial charge in [0.2, 0.25) is 0 Å². The zero-order valence-electron chi connectivity index (χ0n) is 14.0. The van der Waals surface area contributed by atoms with Gasteiger partial charge in [0.05, 0.1) is 12.8 Å². The number of carbonyl (C=O) groups is 1. The van der Waals surface area contributed by atoms with Crippen LogP contribution in [0.3, 0.4) is 0 Å². The third-order valence-corrected chi connectivity index (χ3v) is 3.91. The first-order valence-corrected chi connectivity index (χ1v) is 8.03. The van der Waals surface area contributed by atoms with Gasteiger partial charge in [0.15, 0.2) is 0 Å². The second-order valence-electron chi connectivity index (χ2n) is 5.72. The van der Waals surface area contributed by atoms with Crippen LogP contribution < -0.4 is 5.56 Å². The number of carbonyl (C=O) groups excluding carboxylic acids is 1.